The summed E-state index contributed by atoms with van der Waals surface area (Å²) in [6.45, 7) is 10.5. The highest BCUT2D eigenvalue weighted by molar-refractivity contribution is 5.76. The lowest BCUT2D eigenvalue weighted by Crippen LogP contribution is -2.37. The number of imidazole rings is 2. The highest BCUT2D eigenvalue weighted by Gasteiger charge is 2.22. The maximum atomic E-state index is 12.8. The molecule has 1 aliphatic rings. The molecule has 8 heteroatoms. The third-order valence-electron chi connectivity index (χ3n) is 6.13. The fourth-order valence-corrected chi connectivity index (χ4v) is 4.39. The van der Waals surface area contributed by atoms with Crippen molar-refractivity contribution in [1.29, 1.82) is 0 Å². The number of aryl methyl sites for hydroxylation is 2. The highest BCUT2D eigenvalue weighted by atomic mass is 16.2. The number of rotatable bonds is 3. The van der Waals surface area contributed by atoms with E-state index in [0.717, 1.165) is 53.8 Å². The van der Waals surface area contributed by atoms with Gasteiger partial charge in [-0.1, -0.05) is 6.92 Å². The molecule has 4 heterocycles. The number of aromatic nitrogens is 5. The number of hydrogen-bond donors (Lipinski definition) is 0. The minimum atomic E-state index is -0.350. The quantitative estimate of drug-likeness (QED) is 0.689. The Morgan fingerprint density at radius 3 is 2.52 bits per heavy atom. The molecule has 3 aromatic heterocycles. The first-order valence-electron chi connectivity index (χ1n) is 9.67. The molecule has 27 heavy (non-hydrogen) atoms. The van der Waals surface area contributed by atoms with Crippen LogP contribution in [-0.4, -0.2) is 47.6 Å². The molecular formula is C19H28N6O2. The average molecular weight is 372 g/mol. The number of piperidine rings is 1. The summed E-state index contributed by atoms with van der Waals surface area (Å²) in [5.41, 5.74) is 2.37. The van der Waals surface area contributed by atoms with Crippen LogP contribution in [0, 0.1) is 19.8 Å². The van der Waals surface area contributed by atoms with Crippen molar-refractivity contribution in [3.8, 4) is 0 Å². The third-order valence-corrected chi connectivity index (χ3v) is 6.13. The third kappa shape index (κ3) is 2.65. The molecule has 146 valence electrons. The molecular weight excluding hydrogens is 344 g/mol. The molecule has 0 radical (unpaired) electrons. The van der Waals surface area contributed by atoms with E-state index in [9.17, 15) is 9.59 Å². The van der Waals surface area contributed by atoms with Gasteiger partial charge in [-0.25, -0.2) is 4.79 Å². The van der Waals surface area contributed by atoms with Crippen LogP contribution in [0.15, 0.2) is 9.59 Å². The van der Waals surface area contributed by atoms with E-state index in [4.69, 9.17) is 4.98 Å². The summed E-state index contributed by atoms with van der Waals surface area (Å²) in [7, 11) is 3.18. The van der Waals surface area contributed by atoms with E-state index < -0.39 is 0 Å². The predicted octanol–water partition coefficient (Wildman–Crippen LogP) is 1.04. The summed E-state index contributed by atoms with van der Waals surface area (Å²) in [5.74, 6) is 1.49. The second-order valence-electron chi connectivity index (χ2n) is 8.00. The van der Waals surface area contributed by atoms with E-state index in [0.29, 0.717) is 11.2 Å². The molecule has 1 unspecified atom stereocenters. The van der Waals surface area contributed by atoms with Crippen molar-refractivity contribution in [2.45, 2.75) is 40.2 Å². The molecule has 1 saturated heterocycles. The SMILES string of the molecule is Cc1c(C)n2c3c(=O)n(C)c(=O)n(C)c3nc2n1CCN1CCCC(C)C1. The smallest absolute Gasteiger partial charge is 0.313 e. The van der Waals surface area contributed by atoms with E-state index in [2.05, 4.69) is 23.3 Å². The first-order valence-corrected chi connectivity index (χ1v) is 9.67. The summed E-state index contributed by atoms with van der Waals surface area (Å²) in [5, 5.41) is 0. The lowest BCUT2D eigenvalue weighted by atomic mass is 10.0. The molecule has 4 rings (SSSR count). The molecule has 0 bridgehead atoms. The van der Waals surface area contributed by atoms with Gasteiger partial charge in [0.15, 0.2) is 11.2 Å². The first-order chi connectivity index (χ1) is 12.8. The van der Waals surface area contributed by atoms with Gasteiger partial charge in [-0.3, -0.25) is 18.3 Å². The van der Waals surface area contributed by atoms with Crippen molar-refractivity contribution in [2.75, 3.05) is 19.6 Å². The fraction of sp³-hybridized carbons (Fsp3) is 0.632. The van der Waals surface area contributed by atoms with Gasteiger partial charge in [0.05, 0.1) is 0 Å². The highest BCUT2D eigenvalue weighted by Crippen LogP contribution is 2.21. The Morgan fingerprint density at radius 1 is 1.07 bits per heavy atom. The molecule has 1 atom stereocenters. The van der Waals surface area contributed by atoms with E-state index in [1.54, 1.807) is 7.05 Å². The minimum absolute atomic E-state index is 0.300. The van der Waals surface area contributed by atoms with Crippen LogP contribution in [0.3, 0.4) is 0 Å². The summed E-state index contributed by atoms with van der Waals surface area (Å²) in [6.07, 6.45) is 2.57. The predicted molar refractivity (Wildman–Crippen MR) is 105 cm³/mol. The fourth-order valence-electron chi connectivity index (χ4n) is 4.39. The van der Waals surface area contributed by atoms with Crippen molar-refractivity contribution in [2.24, 2.45) is 20.0 Å². The summed E-state index contributed by atoms with van der Waals surface area (Å²) < 4.78 is 6.69. The second-order valence-corrected chi connectivity index (χ2v) is 8.00. The first kappa shape index (κ1) is 18.0. The van der Waals surface area contributed by atoms with Crippen molar-refractivity contribution in [3.63, 3.8) is 0 Å². The zero-order valence-corrected chi connectivity index (χ0v) is 16.8. The molecule has 0 spiro atoms. The molecule has 3 aromatic rings. The zero-order valence-electron chi connectivity index (χ0n) is 16.8. The second kappa shape index (κ2) is 6.37. The largest absolute Gasteiger partial charge is 0.332 e. The monoisotopic (exact) mass is 372 g/mol. The Labute approximate surface area is 157 Å². The zero-order chi connectivity index (χ0) is 19.5. The Bertz CT molecular complexity index is 1150. The van der Waals surface area contributed by atoms with Crippen LogP contribution in [0.2, 0.25) is 0 Å². The van der Waals surface area contributed by atoms with Crippen molar-refractivity contribution in [3.05, 3.63) is 32.2 Å². The van der Waals surface area contributed by atoms with Crippen LogP contribution in [0.1, 0.15) is 31.2 Å². The summed E-state index contributed by atoms with van der Waals surface area (Å²) in [4.78, 5) is 32.2. The van der Waals surface area contributed by atoms with E-state index in [-0.39, 0.29) is 11.2 Å². The van der Waals surface area contributed by atoms with Gasteiger partial charge in [0, 0.05) is 45.1 Å². The van der Waals surface area contributed by atoms with Gasteiger partial charge in [-0.2, -0.15) is 4.98 Å². The van der Waals surface area contributed by atoms with Gasteiger partial charge in [0.1, 0.15) is 0 Å². The van der Waals surface area contributed by atoms with Gasteiger partial charge >= 0.3 is 5.69 Å². The Hall–Kier alpha value is -2.35. The van der Waals surface area contributed by atoms with Crippen LogP contribution in [0.25, 0.3) is 16.9 Å². The standard InChI is InChI=1S/C19H28N6O2/c1-12-7-6-8-23(11-12)9-10-24-13(2)14(3)25-15-16(20-18(24)25)21(4)19(27)22(5)17(15)26/h12H,6-11H2,1-5H3. The average Bonchev–Trinajstić information content (AvgIpc) is 3.13. The number of fused-ring (bicyclic) bond motifs is 3. The van der Waals surface area contributed by atoms with E-state index in [1.807, 2.05) is 11.3 Å². The van der Waals surface area contributed by atoms with E-state index >= 15 is 0 Å². The number of hydrogen-bond acceptors (Lipinski definition) is 4. The summed E-state index contributed by atoms with van der Waals surface area (Å²) in [6, 6.07) is 0. The molecule has 0 aromatic carbocycles. The molecule has 1 fully saturated rings. The van der Waals surface area contributed by atoms with Crippen molar-refractivity contribution < 1.29 is 0 Å². The van der Waals surface area contributed by atoms with Crippen LogP contribution in [0.4, 0.5) is 0 Å². The van der Waals surface area contributed by atoms with Gasteiger partial charge in [-0.15, -0.1) is 0 Å². The minimum Gasteiger partial charge on any atom is -0.313 e. The maximum Gasteiger partial charge on any atom is 0.332 e. The van der Waals surface area contributed by atoms with Gasteiger partial charge in [-0.05, 0) is 39.2 Å². The van der Waals surface area contributed by atoms with E-state index in [1.165, 1.54) is 24.5 Å². The number of likely N-dealkylation sites (tertiary alicyclic amines) is 1. The Balaban J connectivity index is 1.83. The lowest BCUT2D eigenvalue weighted by Gasteiger charge is -2.30. The Morgan fingerprint density at radius 2 is 1.81 bits per heavy atom. The van der Waals surface area contributed by atoms with Gasteiger partial charge < -0.3 is 9.47 Å². The molecule has 0 amide bonds. The van der Waals surface area contributed by atoms with Crippen LogP contribution in [-0.2, 0) is 20.6 Å². The number of nitrogens with zero attached hydrogens (tertiary/aromatic N) is 6. The topological polar surface area (TPSA) is 69.5 Å². The normalized spacial score (nSPS) is 18.8. The van der Waals surface area contributed by atoms with Crippen LogP contribution >= 0.6 is 0 Å². The lowest BCUT2D eigenvalue weighted by molar-refractivity contribution is 0.178. The maximum absolute atomic E-state index is 12.8. The Kier molecular flexibility index (Phi) is 4.25. The molecule has 0 N–H and O–H groups in total. The molecule has 0 saturated carbocycles. The van der Waals surface area contributed by atoms with Crippen molar-refractivity contribution in [1.82, 2.24) is 28.0 Å². The molecule has 0 aliphatic carbocycles. The molecule has 8 nitrogen and oxygen atoms in total. The summed E-state index contributed by atoms with van der Waals surface area (Å²) >= 11 is 0. The van der Waals surface area contributed by atoms with Crippen LogP contribution < -0.4 is 11.2 Å². The van der Waals surface area contributed by atoms with Gasteiger partial charge in [0.25, 0.3) is 5.56 Å². The molecule has 1 aliphatic heterocycles. The van der Waals surface area contributed by atoms with Gasteiger partial charge in [0.2, 0.25) is 5.78 Å². The van der Waals surface area contributed by atoms with Crippen molar-refractivity contribution >= 4 is 16.9 Å². The van der Waals surface area contributed by atoms with Crippen LogP contribution in [0.5, 0.6) is 0 Å².